The maximum absolute atomic E-state index is 13.5. The third-order valence-electron chi connectivity index (χ3n) is 1.96. The third-order valence-corrected chi connectivity index (χ3v) is 2.16. The van der Waals surface area contributed by atoms with Gasteiger partial charge in [0, 0.05) is 12.1 Å². The van der Waals surface area contributed by atoms with Crippen LogP contribution in [0.25, 0.3) is 0 Å². The van der Waals surface area contributed by atoms with E-state index in [1.54, 1.807) is 0 Å². The first-order chi connectivity index (χ1) is 8.58. The summed E-state index contributed by atoms with van der Waals surface area (Å²) in [6.45, 7) is 0. The number of nitro benzene ring substituents is 1. The number of benzene rings is 1. The van der Waals surface area contributed by atoms with Gasteiger partial charge >= 0.3 is 5.69 Å². The molecule has 1 heterocycles. The lowest BCUT2D eigenvalue weighted by atomic mass is 10.3. The van der Waals surface area contributed by atoms with Crippen molar-refractivity contribution in [3.63, 3.8) is 0 Å². The molecule has 0 atom stereocenters. The van der Waals surface area contributed by atoms with E-state index in [1.165, 1.54) is 12.1 Å². The van der Waals surface area contributed by atoms with Gasteiger partial charge in [0.05, 0.1) is 4.92 Å². The molecule has 92 valence electrons. The van der Waals surface area contributed by atoms with E-state index in [1.807, 2.05) is 0 Å². The molecular formula is C10H5ClFN3O3. The standard InChI is InChI=1S/C10H5ClFN3O3/c11-8-4-9(14-5-13-8)18-10-6(12)2-1-3-7(10)15(16)17/h1-5H. The molecule has 2 rings (SSSR count). The van der Waals surface area contributed by atoms with Crippen molar-refractivity contribution < 1.29 is 14.1 Å². The molecule has 2 aromatic rings. The Balaban J connectivity index is 2.42. The number of nitrogens with zero attached hydrogens (tertiary/aromatic N) is 3. The second-order valence-corrected chi connectivity index (χ2v) is 3.51. The quantitative estimate of drug-likeness (QED) is 0.486. The van der Waals surface area contributed by atoms with E-state index in [4.69, 9.17) is 16.3 Å². The number of para-hydroxylation sites is 1. The molecule has 0 radical (unpaired) electrons. The van der Waals surface area contributed by atoms with Gasteiger partial charge in [-0.25, -0.2) is 14.4 Å². The molecule has 0 saturated heterocycles. The Bertz CT molecular complexity index is 609. The van der Waals surface area contributed by atoms with Gasteiger partial charge in [0.2, 0.25) is 11.6 Å². The number of hydrogen-bond acceptors (Lipinski definition) is 5. The number of halogens is 2. The van der Waals surface area contributed by atoms with Crippen LogP contribution in [0.1, 0.15) is 0 Å². The Kier molecular flexibility index (Phi) is 3.33. The van der Waals surface area contributed by atoms with Gasteiger partial charge < -0.3 is 4.74 Å². The lowest BCUT2D eigenvalue weighted by molar-refractivity contribution is -0.385. The minimum absolute atomic E-state index is 0.0804. The molecule has 0 spiro atoms. The summed E-state index contributed by atoms with van der Waals surface area (Å²) >= 11 is 5.59. The van der Waals surface area contributed by atoms with Gasteiger partial charge in [-0.1, -0.05) is 17.7 Å². The number of aromatic nitrogens is 2. The summed E-state index contributed by atoms with van der Waals surface area (Å²) in [4.78, 5) is 17.3. The fraction of sp³-hybridized carbons (Fsp3) is 0. The van der Waals surface area contributed by atoms with Crippen LogP contribution in [0.2, 0.25) is 5.15 Å². The molecule has 18 heavy (non-hydrogen) atoms. The largest absolute Gasteiger partial charge is 0.428 e. The smallest absolute Gasteiger partial charge is 0.314 e. The summed E-state index contributed by atoms with van der Waals surface area (Å²) in [7, 11) is 0. The van der Waals surface area contributed by atoms with E-state index in [0.717, 1.165) is 18.5 Å². The van der Waals surface area contributed by atoms with Gasteiger partial charge in [-0.15, -0.1) is 0 Å². The molecule has 0 fully saturated rings. The van der Waals surface area contributed by atoms with Crippen LogP contribution in [0.3, 0.4) is 0 Å². The molecule has 0 amide bonds. The number of ether oxygens (including phenoxy) is 1. The molecule has 0 N–H and O–H groups in total. The predicted molar refractivity (Wildman–Crippen MR) is 60.2 cm³/mol. The van der Waals surface area contributed by atoms with Crippen LogP contribution in [-0.2, 0) is 0 Å². The van der Waals surface area contributed by atoms with E-state index in [9.17, 15) is 14.5 Å². The van der Waals surface area contributed by atoms with Crippen LogP contribution < -0.4 is 4.74 Å². The Morgan fingerprint density at radius 3 is 2.83 bits per heavy atom. The summed E-state index contributed by atoms with van der Waals surface area (Å²) in [6.07, 6.45) is 1.10. The summed E-state index contributed by atoms with van der Waals surface area (Å²) in [5, 5.41) is 10.8. The van der Waals surface area contributed by atoms with Gasteiger partial charge in [0.25, 0.3) is 0 Å². The lowest BCUT2D eigenvalue weighted by Crippen LogP contribution is -1.97. The van der Waals surface area contributed by atoms with Crippen molar-refractivity contribution in [3.8, 4) is 11.6 Å². The Hall–Kier alpha value is -2.28. The Morgan fingerprint density at radius 1 is 1.39 bits per heavy atom. The normalized spacial score (nSPS) is 10.1. The van der Waals surface area contributed by atoms with E-state index in [2.05, 4.69) is 9.97 Å². The first kappa shape index (κ1) is 12.2. The van der Waals surface area contributed by atoms with Crippen molar-refractivity contribution in [2.75, 3.05) is 0 Å². The molecule has 0 unspecified atom stereocenters. The van der Waals surface area contributed by atoms with Crippen LogP contribution in [-0.4, -0.2) is 14.9 Å². The highest BCUT2D eigenvalue weighted by molar-refractivity contribution is 6.29. The maximum Gasteiger partial charge on any atom is 0.314 e. The average Bonchev–Trinajstić information content (AvgIpc) is 2.31. The second kappa shape index (κ2) is 4.92. The molecule has 1 aromatic heterocycles. The van der Waals surface area contributed by atoms with Crippen molar-refractivity contribution in [3.05, 3.63) is 51.7 Å². The Morgan fingerprint density at radius 2 is 2.17 bits per heavy atom. The van der Waals surface area contributed by atoms with Crippen molar-refractivity contribution >= 4 is 17.3 Å². The van der Waals surface area contributed by atoms with E-state index < -0.39 is 22.2 Å². The highest BCUT2D eigenvalue weighted by atomic mass is 35.5. The van der Waals surface area contributed by atoms with E-state index >= 15 is 0 Å². The highest BCUT2D eigenvalue weighted by Crippen LogP contribution is 2.33. The molecular weight excluding hydrogens is 265 g/mol. The fourth-order valence-corrected chi connectivity index (χ4v) is 1.36. The van der Waals surface area contributed by atoms with Gasteiger partial charge in [-0.05, 0) is 6.07 Å². The second-order valence-electron chi connectivity index (χ2n) is 3.13. The van der Waals surface area contributed by atoms with Crippen LogP contribution in [0.15, 0.2) is 30.6 Å². The van der Waals surface area contributed by atoms with Gasteiger partial charge in [-0.2, -0.15) is 0 Å². The van der Waals surface area contributed by atoms with Crippen molar-refractivity contribution in [1.29, 1.82) is 0 Å². The van der Waals surface area contributed by atoms with Crippen molar-refractivity contribution in [2.24, 2.45) is 0 Å². The summed E-state index contributed by atoms with van der Waals surface area (Å²) in [5.41, 5.74) is -0.496. The van der Waals surface area contributed by atoms with Crippen LogP contribution in [0.4, 0.5) is 10.1 Å². The maximum atomic E-state index is 13.5. The molecule has 6 nitrogen and oxygen atoms in total. The first-order valence-corrected chi connectivity index (χ1v) is 5.04. The Labute approximate surface area is 105 Å². The van der Waals surface area contributed by atoms with Gasteiger partial charge in [0.15, 0.2) is 5.82 Å². The van der Waals surface area contributed by atoms with Gasteiger partial charge in [-0.3, -0.25) is 10.1 Å². The topological polar surface area (TPSA) is 78.2 Å². The predicted octanol–water partition coefficient (Wildman–Crippen LogP) is 2.97. The summed E-state index contributed by atoms with van der Waals surface area (Å²) in [6, 6.07) is 4.61. The third kappa shape index (κ3) is 2.51. The minimum Gasteiger partial charge on any atom is -0.428 e. The molecule has 8 heteroatoms. The van der Waals surface area contributed by atoms with Crippen LogP contribution in [0.5, 0.6) is 11.6 Å². The van der Waals surface area contributed by atoms with Crippen LogP contribution in [0, 0.1) is 15.9 Å². The minimum atomic E-state index is -0.862. The molecule has 0 bridgehead atoms. The summed E-state index contributed by atoms with van der Waals surface area (Å²) in [5.74, 6) is -1.46. The van der Waals surface area contributed by atoms with Crippen molar-refractivity contribution in [2.45, 2.75) is 0 Å². The number of nitro groups is 1. The fourth-order valence-electron chi connectivity index (χ4n) is 1.22. The zero-order valence-electron chi connectivity index (χ0n) is 8.71. The molecule has 0 saturated carbocycles. The van der Waals surface area contributed by atoms with E-state index in [0.29, 0.717) is 0 Å². The molecule has 0 aliphatic heterocycles. The number of hydrogen-bond donors (Lipinski definition) is 0. The lowest BCUT2D eigenvalue weighted by Gasteiger charge is -2.05. The van der Waals surface area contributed by atoms with Crippen molar-refractivity contribution in [1.82, 2.24) is 9.97 Å². The van der Waals surface area contributed by atoms with Gasteiger partial charge in [0.1, 0.15) is 11.5 Å². The first-order valence-electron chi connectivity index (χ1n) is 4.66. The van der Waals surface area contributed by atoms with E-state index in [-0.39, 0.29) is 11.0 Å². The van der Waals surface area contributed by atoms with Crippen LogP contribution >= 0.6 is 11.6 Å². The zero-order valence-corrected chi connectivity index (χ0v) is 9.46. The highest BCUT2D eigenvalue weighted by Gasteiger charge is 2.20. The monoisotopic (exact) mass is 269 g/mol. The summed E-state index contributed by atoms with van der Waals surface area (Å²) < 4.78 is 18.5. The molecule has 1 aromatic carbocycles. The SMILES string of the molecule is O=[N+]([O-])c1cccc(F)c1Oc1cc(Cl)ncn1. The average molecular weight is 270 g/mol. The number of rotatable bonds is 3. The molecule has 0 aliphatic carbocycles. The zero-order chi connectivity index (χ0) is 13.1. The molecule has 0 aliphatic rings.